The minimum absolute atomic E-state index is 0.248. The van der Waals surface area contributed by atoms with E-state index in [2.05, 4.69) is 20.8 Å². The summed E-state index contributed by atoms with van der Waals surface area (Å²) in [5.41, 5.74) is 0.852. The lowest BCUT2D eigenvalue weighted by Gasteiger charge is -2.10. The normalized spacial score (nSPS) is 17.9. The highest BCUT2D eigenvalue weighted by atomic mass is 19.1. The quantitative estimate of drug-likeness (QED) is 0.877. The van der Waals surface area contributed by atoms with E-state index in [0.29, 0.717) is 18.3 Å². The summed E-state index contributed by atoms with van der Waals surface area (Å²) in [6.45, 7) is 1.59. The summed E-state index contributed by atoms with van der Waals surface area (Å²) in [6.07, 6.45) is 3.62. The van der Waals surface area contributed by atoms with E-state index in [1.54, 1.807) is 12.1 Å². The minimum atomic E-state index is -0.326. The standard InChI is InChI=1S/C14H16FN5O/c15-10-3-5-12(6-4-10)20-18-9-13(19-20)14(21)17-8-11-2-1-7-16-11/h3-6,9,11,16H,1-2,7-8H2,(H,17,21). The monoisotopic (exact) mass is 289 g/mol. The van der Waals surface area contributed by atoms with E-state index in [0.717, 1.165) is 19.4 Å². The molecule has 0 aliphatic carbocycles. The minimum Gasteiger partial charge on any atom is -0.349 e. The first kappa shape index (κ1) is 13.7. The Balaban J connectivity index is 1.63. The molecular weight excluding hydrogens is 273 g/mol. The van der Waals surface area contributed by atoms with E-state index in [1.807, 2.05) is 0 Å². The van der Waals surface area contributed by atoms with Crippen molar-refractivity contribution in [3.8, 4) is 5.69 Å². The van der Waals surface area contributed by atoms with E-state index in [-0.39, 0.29) is 17.4 Å². The Hall–Kier alpha value is -2.28. The molecule has 1 amide bonds. The zero-order valence-electron chi connectivity index (χ0n) is 11.4. The highest BCUT2D eigenvalue weighted by Crippen LogP contribution is 2.07. The molecule has 21 heavy (non-hydrogen) atoms. The number of benzene rings is 1. The molecule has 2 N–H and O–H groups in total. The lowest BCUT2D eigenvalue weighted by atomic mass is 10.2. The molecule has 6 nitrogen and oxygen atoms in total. The number of aromatic nitrogens is 3. The molecule has 3 rings (SSSR count). The highest BCUT2D eigenvalue weighted by Gasteiger charge is 2.17. The van der Waals surface area contributed by atoms with Gasteiger partial charge in [0.2, 0.25) is 0 Å². The van der Waals surface area contributed by atoms with Gasteiger partial charge < -0.3 is 10.6 Å². The molecule has 0 spiro atoms. The van der Waals surface area contributed by atoms with Gasteiger partial charge in [0.15, 0.2) is 5.69 Å². The van der Waals surface area contributed by atoms with Gasteiger partial charge in [0.25, 0.3) is 5.91 Å². The van der Waals surface area contributed by atoms with Crippen molar-refractivity contribution < 1.29 is 9.18 Å². The highest BCUT2D eigenvalue weighted by molar-refractivity contribution is 5.91. The second kappa shape index (κ2) is 6.01. The van der Waals surface area contributed by atoms with E-state index in [1.165, 1.54) is 23.1 Å². The van der Waals surface area contributed by atoms with E-state index < -0.39 is 0 Å². The van der Waals surface area contributed by atoms with Crippen molar-refractivity contribution in [1.29, 1.82) is 0 Å². The number of carbonyl (C=O) groups is 1. The Bertz CT molecular complexity index is 619. The van der Waals surface area contributed by atoms with Crippen molar-refractivity contribution in [3.05, 3.63) is 42.0 Å². The number of amides is 1. The molecule has 1 aliphatic heterocycles. The number of nitrogens with one attached hydrogen (secondary N) is 2. The summed E-state index contributed by atoms with van der Waals surface area (Å²) in [6, 6.07) is 6.09. The van der Waals surface area contributed by atoms with Crippen molar-refractivity contribution >= 4 is 5.91 Å². The Morgan fingerprint density at radius 3 is 2.95 bits per heavy atom. The molecular formula is C14H16FN5O. The maximum atomic E-state index is 12.9. The summed E-state index contributed by atoms with van der Waals surface area (Å²) in [7, 11) is 0. The molecule has 1 saturated heterocycles. The molecule has 1 unspecified atom stereocenters. The van der Waals surface area contributed by atoms with E-state index in [4.69, 9.17) is 0 Å². The maximum absolute atomic E-state index is 12.9. The van der Waals surface area contributed by atoms with Crippen molar-refractivity contribution in [2.45, 2.75) is 18.9 Å². The number of hydrogen-bond donors (Lipinski definition) is 2. The van der Waals surface area contributed by atoms with Gasteiger partial charge in [-0.2, -0.15) is 9.90 Å². The van der Waals surface area contributed by atoms with Gasteiger partial charge >= 0.3 is 0 Å². The van der Waals surface area contributed by atoms with Crippen LogP contribution in [0.4, 0.5) is 4.39 Å². The van der Waals surface area contributed by atoms with Crippen LogP contribution in [0.3, 0.4) is 0 Å². The zero-order chi connectivity index (χ0) is 14.7. The smallest absolute Gasteiger partial charge is 0.273 e. The van der Waals surface area contributed by atoms with Crippen LogP contribution < -0.4 is 10.6 Å². The van der Waals surface area contributed by atoms with Gasteiger partial charge in [-0.05, 0) is 43.7 Å². The summed E-state index contributed by atoms with van der Waals surface area (Å²) >= 11 is 0. The maximum Gasteiger partial charge on any atom is 0.273 e. The third-order valence-electron chi connectivity index (χ3n) is 3.45. The zero-order valence-corrected chi connectivity index (χ0v) is 11.4. The average molecular weight is 289 g/mol. The second-order valence-electron chi connectivity index (χ2n) is 5.00. The molecule has 0 radical (unpaired) electrons. The number of nitrogens with zero attached hydrogens (tertiary/aromatic N) is 3. The van der Waals surface area contributed by atoms with Gasteiger partial charge in [0.1, 0.15) is 5.82 Å². The number of halogens is 1. The third kappa shape index (κ3) is 3.25. The van der Waals surface area contributed by atoms with Crippen LogP contribution in [0.15, 0.2) is 30.5 Å². The van der Waals surface area contributed by atoms with Crippen LogP contribution in [0, 0.1) is 5.82 Å². The molecule has 1 fully saturated rings. The largest absolute Gasteiger partial charge is 0.349 e. The molecule has 1 aliphatic rings. The first-order chi connectivity index (χ1) is 10.2. The van der Waals surface area contributed by atoms with Crippen molar-refractivity contribution in [2.24, 2.45) is 0 Å². The Kier molecular flexibility index (Phi) is 3.92. The van der Waals surface area contributed by atoms with Gasteiger partial charge in [-0.15, -0.1) is 5.10 Å². The van der Waals surface area contributed by atoms with Gasteiger partial charge in [-0.3, -0.25) is 4.79 Å². The molecule has 2 aromatic rings. The van der Waals surface area contributed by atoms with E-state index >= 15 is 0 Å². The van der Waals surface area contributed by atoms with Gasteiger partial charge in [0, 0.05) is 12.6 Å². The van der Waals surface area contributed by atoms with Crippen LogP contribution in [0.5, 0.6) is 0 Å². The molecule has 110 valence electrons. The average Bonchev–Trinajstić information content (AvgIpc) is 3.17. The summed E-state index contributed by atoms with van der Waals surface area (Å²) < 4.78 is 12.9. The molecule has 0 saturated carbocycles. The first-order valence-electron chi connectivity index (χ1n) is 6.92. The third-order valence-corrected chi connectivity index (χ3v) is 3.45. The summed E-state index contributed by atoms with van der Waals surface area (Å²) in [5.74, 6) is -0.579. The molecule has 2 heterocycles. The fraction of sp³-hybridized carbons (Fsp3) is 0.357. The van der Waals surface area contributed by atoms with Crippen LogP contribution in [0.1, 0.15) is 23.3 Å². The van der Waals surface area contributed by atoms with Crippen molar-refractivity contribution in [2.75, 3.05) is 13.1 Å². The second-order valence-corrected chi connectivity index (χ2v) is 5.00. The summed E-state index contributed by atoms with van der Waals surface area (Å²) in [4.78, 5) is 13.3. The molecule has 1 aromatic heterocycles. The number of rotatable bonds is 4. The predicted molar refractivity (Wildman–Crippen MR) is 74.7 cm³/mol. The van der Waals surface area contributed by atoms with Gasteiger partial charge in [-0.1, -0.05) is 0 Å². The molecule has 7 heteroatoms. The molecule has 1 aromatic carbocycles. The Labute approximate surface area is 121 Å². The summed E-state index contributed by atoms with van der Waals surface area (Å²) in [5, 5.41) is 14.3. The SMILES string of the molecule is O=C(NCC1CCCN1)c1cnn(-c2ccc(F)cc2)n1. The Morgan fingerprint density at radius 2 is 2.24 bits per heavy atom. The van der Waals surface area contributed by atoms with Crippen molar-refractivity contribution in [3.63, 3.8) is 0 Å². The van der Waals surface area contributed by atoms with Crippen LogP contribution in [0.25, 0.3) is 5.69 Å². The van der Waals surface area contributed by atoms with Crippen molar-refractivity contribution in [1.82, 2.24) is 25.6 Å². The molecule has 1 atom stereocenters. The van der Waals surface area contributed by atoms with Crippen LogP contribution in [-0.2, 0) is 0 Å². The number of carbonyl (C=O) groups excluding carboxylic acids is 1. The van der Waals surface area contributed by atoms with Gasteiger partial charge in [0.05, 0.1) is 11.9 Å². The topological polar surface area (TPSA) is 71.8 Å². The van der Waals surface area contributed by atoms with Crippen LogP contribution >= 0.6 is 0 Å². The fourth-order valence-corrected chi connectivity index (χ4v) is 2.30. The number of hydrogen-bond acceptors (Lipinski definition) is 4. The Morgan fingerprint density at radius 1 is 1.43 bits per heavy atom. The first-order valence-corrected chi connectivity index (χ1v) is 6.92. The predicted octanol–water partition coefficient (Wildman–Crippen LogP) is 0.888. The van der Waals surface area contributed by atoms with Crippen LogP contribution in [-0.4, -0.2) is 40.0 Å². The lowest BCUT2D eigenvalue weighted by Crippen LogP contribution is -2.37. The van der Waals surface area contributed by atoms with Gasteiger partial charge in [-0.25, -0.2) is 4.39 Å². The lowest BCUT2D eigenvalue weighted by molar-refractivity contribution is 0.0945. The van der Waals surface area contributed by atoms with E-state index in [9.17, 15) is 9.18 Å². The molecule has 0 bridgehead atoms. The fourth-order valence-electron chi connectivity index (χ4n) is 2.30. The van der Waals surface area contributed by atoms with Crippen LogP contribution in [0.2, 0.25) is 0 Å².